The van der Waals surface area contributed by atoms with E-state index in [1.165, 1.54) is 6.92 Å². The fourth-order valence-electron chi connectivity index (χ4n) is 3.22. The van der Waals surface area contributed by atoms with E-state index < -0.39 is 17.6 Å². The predicted octanol–water partition coefficient (Wildman–Crippen LogP) is 2.96. The molecule has 0 heterocycles. The van der Waals surface area contributed by atoms with Crippen molar-refractivity contribution in [2.24, 2.45) is 0 Å². The standard InChI is InChI=1S/C20H19NO5/c1-20(10-11-22,18(23)24)21-19(25)26-12-17-15-8-4-2-6-13(15)14-7-3-5-9-16(14)17/h2-9,11,17H,10,12H2,1H3,(H,21,25)(H,23,24). The number of aldehydes is 1. The minimum absolute atomic E-state index is 0.0800. The largest absolute Gasteiger partial charge is 0.480 e. The van der Waals surface area contributed by atoms with Crippen LogP contribution in [0.5, 0.6) is 0 Å². The SMILES string of the molecule is CC(CC=O)(NC(=O)OCC1c2ccccc2-c2ccccc21)C(=O)O. The number of hydrogen-bond acceptors (Lipinski definition) is 4. The number of hydrogen-bond donors (Lipinski definition) is 2. The van der Waals surface area contributed by atoms with Crippen molar-refractivity contribution in [2.75, 3.05) is 6.61 Å². The summed E-state index contributed by atoms with van der Waals surface area (Å²) in [6.07, 6.45) is -0.747. The third-order valence-electron chi connectivity index (χ3n) is 4.69. The summed E-state index contributed by atoms with van der Waals surface area (Å²) >= 11 is 0. The number of alkyl carbamates (subject to hydrolysis) is 1. The van der Waals surface area contributed by atoms with Gasteiger partial charge in [-0.15, -0.1) is 0 Å². The molecule has 2 N–H and O–H groups in total. The van der Waals surface area contributed by atoms with Crippen molar-refractivity contribution in [1.29, 1.82) is 0 Å². The van der Waals surface area contributed by atoms with Gasteiger partial charge in [-0.1, -0.05) is 48.5 Å². The Hall–Kier alpha value is -3.15. The van der Waals surface area contributed by atoms with Crippen molar-refractivity contribution < 1.29 is 24.2 Å². The van der Waals surface area contributed by atoms with Crippen LogP contribution in [0.4, 0.5) is 4.79 Å². The number of carbonyl (C=O) groups is 3. The van der Waals surface area contributed by atoms with Crippen molar-refractivity contribution in [3.63, 3.8) is 0 Å². The molecule has 0 saturated heterocycles. The van der Waals surface area contributed by atoms with Gasteiger partial charge in [-0.25, -0.2) is 9.59 Å². The Morgan fingerprint density at radius 1 is 1.12 bits per heavy atom. The van der Waals surface area contributed by atoms with Crippen LogP contribution in [0.25, 0.3) is 11.1 Å². The van der Waals surface area contributed by atoms with Gasteiger partial charge in [-0.2, -0.15) is 0 Å². The zero-order valence-electron chi connectivity index (χ0n) is 14.3. The molecule has 2 aromatic carbocycles. The second kappa shape index (κ2) is 7.00. The van der Waals surface area contributed by atoms with Crippen LogP contribution < -0.4 is 5.32 Å². The minimum Gasteiger partial charge on any atom is -0.480 e. The lowest BCUT2D eigenvalue weighted by molar-refractivity contribution is -0.145. The second-order valence-corrected chi connectivity index (χ2v) is 6.46. The lowest BCUT2D eigenvalue weighted by Crippen LogP contribution is -2.52. The molecule has 1 aliphatic carbocycles. The molecule has 1 aliphatic rings. The Labute approximate surface area is 150 Å². The van der Waals surface area contributed by atoms with Crippen LogP contribution in [0.3, 0.4) is 0 Å². The number of fused-ring (bicyclic) bond motifs is 3. The van der Waals surface area contributed by atoms with E-state index in [-0.39, 0.29) is 18.9 Å². The number of carbonyl (C=O) groups excluding carboxylic acids is 2. The van der Waals surface area contributed by atoms with Gasteiger partial charge in [0.2, 0.25) is 0 Å². The van der Waals surface area contributed by atoms with Gasteiger partial charge < -0.3 is 20.0 Å². The van der Waals surface area contributed by atoms with Crippen molar-refractivity contribution in [1.82, 2.24) is 5.32 Å². The first-order valence-electron chi connectivity index (χ1n) is 8.26. The first-order valence-corrected chi connectivity index (χ1v) is 8.26. The van der Waals surface area contributed by atoms with Gasteiger partial charge in [-0.3, -0.25) is 0 Å². The number of ether oxygens (including phenoxy) is 1. The highest BCUT2D eigenvalue weighted by Crippen LogP contribution is 2.44. The molecule has 3 rings (SSSR count). The summed E-state index contributed by atoms with van der Waals surface area (Å²) in [5.41, 5.74) is 2.65. The molecule has 134 valence electrons. The van der Waals surface area contributed by atoms with E-state index in [2.05, 4.69) is 5.32 Å². The van der Waals surface area contributed by atoms with Crippen LogP contribution in [-0.2, 0) is 14.3 Å². The van der Waals surface area contributed by atoms with Crippen LogP contribution in [-0.4, -0.2) is 35.6 Å². The maximum Gasteiger partial charge on any atom is 0.408 e. The van der Waals surface area contributed by atoms with Crippen LogP contribution in [0, 0.1) is 0 Å². The van der Waals surface area contributed by atoms with Gasteiger partial charge >= 0.3 is 12.1 Å². The normalized spacial score (nSPS) is 14.7. The predicted molar refractivity (Wildman–Crippen MR) is 94.9 cm³/mol. The van der Waals surface area contributed by atoms with Crippen molar-refractivity contribution in [3.8, 4) is 11.1 Å². The smallest absolute Gasteiger partial charge is 0.408 e. The molecule has 0 bridgehead atoms. The molecule has 6 nitrogen and oxygen atoms in total. The maximum absolute atomic E-state index is 12.1. The Bertz CT molecular complexity index is 817. The first kappa shape index (κ1) is 17.7. The molecule has 26 heavy (non-hydrogen) atoms. The average Bonchev–Trinajstić information content (AvgIpc) is 2.94. The lowest BCUT2D eigenvalue weighted by atomic mass is 9.98. The van der Waals surface area contributed by atoms with Crippen LogP contribution in [0.1, 0.15) is 30.4 Å². The Morgan fingerprint density at radius 3 is 2.15 bits per heavy atom. The molecule has 1 unspecified atom stereocenters. The summed E-state index contributed by atoms with van der Waals surface area (Å²) in [4.78, 5) is 34.1. The summed E-state index contributed by atoms with van der Waals surface area (Å²) < 4.78 is 5.30. The van der Waals surface area contributed by atoms with E-state index in [0.29, 0.717) is 6.29 Å². The van der Waals surface area contributed by atoms with Crippen molar-refractivity contribution >= 4 is 18.3 Å². The van der Waals surface area contributed by atoms with Gasteiger partial charge in [0.25, 0.3) is 0 Å². The molecule has 0 radical (unpaired) electrons. The first-order chi connectivity index (χ1) is 12.5. The Kier molecular flexibility index (Phi) is 4.75. The monoisotopic (exact) mass is 353 g/mol. The summed E-state index contributed by atoms with van der Waals surface area (Å²) in [6.45, 7) is 1.35. The minimum atomic E-state index is -1.69. The topological polar surface area (TPSA) is 92.7 Å². The molecule has 2 aromatic rings. The summed E-state index contributed by atoms with van der Waals surface area (Å²) in [7, 11) is 0. The van der Waals surface area contributed by atoms with Gasteiger partial charge in [0.15, 0.2) is 0 Å². The van der Waals surface area contributed by atoms with Gasteiger partial charge in [0.05, 0.1) is 0 Å². The van der Waals surface area contributed by atoms with E-state index in [0.717, 1.165) is 22.3 Å². The van der Waals surface area contributed by atoms with E-state index >= 15 is 0 Å². The third kappa shape index (κ3) is 3.18. The van der Waals surface area contributed by atoms with E-state index in [4.69, 9.17) is 4.74 Å². The number of benzene rings is 2. The molecular formula is C20H19NO5. The molecule has 0 spiro atoms. The zero-order chi connectivity index (χ0) is 18.7. The third-order valence-corrected chi connectivity index (χ3v) is 4.69. The van der Waals surface area contributed by atoms with Crippen LogP contribution in [0.2, 0.25) is 0 Å². The molecule has 0 aliphatic heterocycles. The molecule has 1 atom stereocenters. The van der Waals surface area contributed by atoms with E-state index in [9.17, 15) is 19.5 Å². The van der Waals surface area contributed by atoms with E-state index in [1.54, 1.807) is 0 Å². The molecular weight excluding hydrogens is 334 g/mol. The Morgan fingerprint density at radius 2 is 1.65 bits per heavy atom. The number of carboxylic acids is 1. The number of rotatable bonds is 6. The zero-order valence-corrected chi connectivity index (χ0v) is 14.3. The number of carboxylic acid groups (broad SMARTS) is 1. The van der Waals surface area contributed by atoms with Crippen molar-refractivity contribution in [2.45, 2.75) is 24.8 Å². The van der Waals surface area contributed by atoms with Gasteiger partial charge in [0, 0.05) is 12.3 Å². The van der Waals surface area contributed by atoms with Gasteiger partial charge in [0.1, 0.15) is 18.4 Å². The fourth-order valence-corrected chi connectivity index (χ4v) is 3.22. The fraction of sp³-hybridized carbons (Fsp3) is 0.250. The average molecular weight is 353 g/mol. The molecule has 0 aromatic heterocycles. The second-order valence-electron chi connectivity index (χ2n) is 6.46. The number of nitrogens with one attached hydrogen (secondary N) is 1. The summed E-state index contributed by atoms with van der Waals surface area (Å²) in [5.74, 6) is -1.41. The van der Waals surface area contributed by atoms with Crippen LogP contribution >= 0.6 is 0 Å². The van der Waals surface area contributed by atoms with Gasteiger partial charge in [-0.05, 0) is 29.2 Å². The lowest BCUT2D eigenvalue weighted by Gasteiger charge is -2.24. The molecule has 0 saturated carbocycles. The Balaban J connectivity index is 1.75. The van der Waals surface area contributed by atoms with E-state index in [1.807, 2.05) is 48.5 Å². The number of amides is 1. The number of aliphatic carboxylic acids is 1. The van der Waals surface area contributed by atoms with Crippen molar-refractivity contribution in [3.05, 3.63) is 59.7 Å². The van der Waals surface area contributed by atoms with Crippen LogP contribution in [0.15, 0.2) is 48.5 Å². The summed E-state index contributed by atoms with van der Waals surface area (Å²) in [6, 6.07) is 15.8. The molecule has 1 amide bonds. The maximum atomic E-state index is 12.1. The highest BCUT2D eigenvalue weighted by molar-refractivity contribution is 5.86. The highest BCUT2D eigenvalue weighted by atomic mass is 16.5. The quantitative estimate of drug-likeness (QED) is 0.779. The summed E-state index contributed by atoms with van der Waals surface area (Å²) in [5, 5.41) is 11.5. The molecule has 6 heteroatoms. The molecule has 0 fully saturated rings. The highest BCUT2D eigenvalue weighted by Gasteiger charge is 2.36.